The van der Waals surface area contributed by atoms with Gasteiger partial charge in [0, 0.05) is 17.9 Å². The smallest absolute Gasteiger partial charge is 0.427 e. The summed E-state index contributed by atoms with van der Waals surface area (Å²) in [5.41, 5.74) is -7.95. The number of nitrogens with zero attached hydrogens (tertiary/aromatic N) is 2. The van der Waals surface area contributed by atoms with Crippen LogP contribution in [0.1, 0.15) is 80.6 Å². The Morgan fingerprint density at radius 1 is 1.07 bits per heavy atom. The number of rotatable bonds is 15. The van der Waals surface area contributed by atoms with E-state index in [1.165, 1.54) is 26.8 Å². The molecule has 1 aromatic heterocycles. The summed E-state index contributed by atoms with van der Waals surface area (Å²) in [6.07, 6.45) is -11.2. The van der Waals surface area contributed by atoms with Crippen molar-refractivity contribution in [3.8, 4) is 11.6 Å². The highest BCUT2D eigenvalue weighted by molar-refractivity contribution is 7.85. The Bertz CT molecular complexity index is 2080. The van der Waals surface area contributed by atoms with Gasteiger partial charge < -0.3 is 29.7 Å². The standard InChI is InChI=1S/C37H47ClF5N5O10S/c1-8-19-17-36(19,31(51)47-59(53,54)58-35(13-14-35)30(39)40)46-28(49)23-15-20(56-24-16-25(55-9-2)44-26-21(24)11-10-12-22(26)38)18-48(23)29(50)27(33(3,4)5)45-32(52)57-34(6,7)37(41,42)43/h10-12,16,19-20,23,27,30H,8-9,13-15,17-18H2,1-7H3,(H,45,52)(H,46,49)(H,47,51)/t19-,20-,23+,27-,36-/m1/s1. The third-order valence-corrected chi connectivity index (χ3v) is 11.8. The second-order valence-electron chi connectivity index (χ2n) is 16.5. The van der Waals surface area contributed by atoms with E-state index >= 15 is 0 Å². The molecule has 3 fully saturated rings. The minimum atomic E-state index is -5.07. The van der Waals surface area contributed by atoms with Gasteiger partial charge in [0.25, 0.3) is 12.3 Å². The van der Waals surface area contributed by atoms with Crippen LogP contribution in [0.3, 0.4) is 0 Å². The number of nitrogens with one attached hydrogen (secondary N) is 3. The summed E-state index contributed by atoms with van der Waals surface area (Å²) in [4.78, 5) is 60.9. The summed E-state index contributed by atoms with van der Waals surface area (Å²) in [5.74, 6) is -3.40. The molecule has 1 saturated heterocycles. The predicted octanol–water partition coefficient (Wildman–Crippen LogP) is 5.58. The molecule has 22 heteroatoms. The Kier molecular flexibility index (Phi) is 12.7. The van der Waals surface area contributed by atoms with Gasteiger partial charge in [0.05, 0.1) is 23.7 Å². The van der Waals surface area contributed by atoms with Crippen molar-refractivity contribution in [2.45, 2.75) is 128 Å². The predicted molar refractivity (Wildman–Crippen MR) is 201 cm³/mol. The number of halogens is 6. The number of alkyl carbamates (subject to hydrolysis) is 1. The second kappa shape index (κ2) is 16.3. The van der Waals surface area contributed by atoms with Gasteiger partial charge in [0.15, 0.2) is 0 Å². The SMILES string of the molecule is CCOc1cc(O[C@@H]2C[C@@H](C(=O)N[C@]3(C(=O)NS(=O)(=O)OC4(C(F)F)CC4)C[C@H]3CC)N(C(=O)[C@@H](NC(=O)OC(C)(C)C(F)(F)F)C(C)(C)C)C2)c2cccc(Cl)c2n1. The minimum Gasteiger partial charge on any atom is -0.488 e. The monoisotopic (exact) mass is 883 g/mol. The van der Waals surface area contributed by atoms with Crippen LogP contribution < -0.4 is 24.8 Å². The van der Waals surface area contributed by atoms with Crippen LogP contribution in [-0.2, 0) is 33.6 Å². The topological polar surface area (TPSA) is 192 Å². The molecule has 2 aromatic rings. The average molecular weight is 884 g/mol. The Morgan fingerprint density at radius 3 is 2.27 bits per heavy atom. The van der Waals surface area contributed by atoms with E-state index < -0.39 is 93.0 Å². The van der Waals surface area contributed by atoms with Crippen molar-refractivity contribution in [3.05, 3.63) is 29.3 Å². The lowest BCUT2D eigenvalue weighted by molar-refractivity contribution is -0.244. The van der Waals surface area contributed by atoms with Crippen LogP contribution in [0.5, 0.6) is 11.6 Å². The molecule has 15 nitrogen and oxygen atoms in total. The van der Waals surface area contributed by atoms with E-state index in [-0.39, 0.29) is 61.9 Å². The van der Waals surface area contributed by atoms with Crippen molar-refractivity contribution in [2.24, 2.45) is 11.3 Å². The summed E-state index contributed by atoms with van der Waals surface area (Å²) in [7, 11) is -5.07. The van der Waals surface area contributed by atoms with Gasteiger partial charge in [-0.15, -0.1) is 0 Å². The van der Waals surface area contributed by atoms with E-state index in [4.69, 9.17) is 21.1 Å². The number of hydrogen-bond acceptors (Lipinski definition) is 11. The molecular formula is C37H47ClF5N5O10S. The van der Waals surface area contributed by atoms with E-state index in [1.807, 2.05) is 0 Å². The molecule has 0 radical (unpaired) electrons. The van der Waals surface area contributed by atoms with Gasteiger partial charge in [0.1, 0.15) is 35.1 Å². The number of likely N-dealkylation sites (tertiary alicyclic amines) is 1. The van der Waals surface area contributed by atoms with Gasteiger partial charge in [-0.2, -0.15) is 21.6 Å². The number of carbonyl (C=O) groups excluding carboxylic acids is 4. The molecule has 2 heterocycles. The van der Waals surface area contributed by atoms with Crippen molar-refractivity contribution in [2.75, 3.05) is 13.2 Å². The second-order valence-corrected chi connectivity index (χ2v) is 18.1. The van der Waals surface area contributed by atoms with Crippen LogP contribution in [0.4, 0.5) is 26.7 Å². The highest BCUT2D eigenvalue weighted by Gasteiger charge is 2.63. The van der Waals surface area contributed by atoms with E-state index in [9.17, 15) is 49.5 Å². The van der Waals surface area contributed by atoms with E-state index in [0.717, 1.165) is 4.90 Å². The first-order valence-electron chi connectivity index (χ1n) is 18.8. The third-order valence-electron chi connectivity index (χ3n) is 10.6. The molecule has 0 spiro atoms. The lowest BCUT2D eigenvalue weighted by atomic mass is 9.85. The third kappa shape index (κ3) is 9.88. The summed E-state index contributed by atoms with van der Waals surface area (Å²) in [6.45, 7) is 9.10. The summed E-state index contributed by atoms with van der Waals surface area (Å²) in [5, 5.41) is 5.52. The number of ether oxygens (including phenoxy) is 3. The van der Waals surface area contributed by atoms with Crippen molar-refractivity contribution < 1.29 is 67.9 Å². The van der Waals surface area contributed by atoms with E-state index in [1.54, 1.807) is 36.8 Å². The maximum Gasteiger partial charge on any atom is 0.427 e. The summed E-state index contributed by atoms with van der Waals surface area (Å²) in [6, 6.07) is 3.32. The molecule has 5 atom stereocenters. The first-order chi connectivity index (χ1) is 27.2. The zero-order valence-electron chi connectivity index (χ0n) is 33.3. The largest absolute Gasteiger partial charge is 0.488 e. The van der Waals surface area contributed by atoms with Crippen LogP contribution in [-0.4, -0.2) is 103 Å². The van der Waals surface area contributed by atoms with Crippen molar-refractivity contribution in [1.82, 2.24) is 25.2 Å². The van der Waals surface area contributed by atoms with Gasteiger partial charge in [-0.05, 0) is 63.5 Å². The zero-order chi connectivity index (χ0) is 44.1. The molecule has 0 unspecified atom stereocenters. The van der Waals surface area contributed by atoms with Crippen LogP contribution in [0.25, 0.3) is 10.9 Å². The number of para-hydroxylation sites is 1. The maximum atomic E-state index is 14.5. The molecule has 1 aromatic carbocycles. The molecular weight excluding hydrogens is 837 g/mol. The molecule has 3 aliphatic rings. The van der Waals surface area contributed by atoms with Crippen molar-refractivity contribution >= 4 is 56.6 Å². The number of carbonyl (C=O) groups is 4. The molecule has 0 bridgehead atoms. The summed E-state index contributed by atoms with van der Waals surface area (Å²) < 4.78 is 116. The Balaban J connectivity index is 1.47. The normalized spacial score (nSPS) is 23.4. The highest BCUT2D eigenvalue weighted by atomic mass is 35.5. The molecule has 2 aliphatic carbocycles. The average Bonchev–Trinajstić information content (AvgIpc) is 4.00. The number of amides is 4. The minimum absolute atomic E-state index is 0.0614. The summed E-state index contributed by atoms with van der Waals surface area (Å²) >= 11 is 6.44. The molecule has 3 N–H and O–H groups in total. The Hall–Kier alpha value is -4.24. The number of fused-ring (bicyclic) bond motifs is 1. The van der Waals surface area contributed by atoms with Crippen LogP contribution in [0.2, 0.25) is 5.02 Å². The van der Waals surface area contributed by atoms with Crippen LogP contribution >= 0.6 is 11.6 Å². The number of benzene rings is 1. The van der Waals surface area contributed by atoms with Crippen molar-refractivity contribution in [3.63, 3.8) is 0 Å². The first kappa shape index (κ1) is 45.8. The van der Waals surface area contributed by atoms with Gasteiger partial charge >= 0.3 is 22.6 Å². The molecule has 1 aliphatic heterocycles. The highest BCUT2D eigenvalue weighted by Crippen LogP contribution is 2.48. The molecule has 2 saturated carbocycles. The van der Waals surface area contributed by atoms with Gasteiger partial charge in [-0.1, -0.05) is 51.8 Å². The number of pyridine rings is 1. The van der Waals surface area contributed by atoms with E-state index in [2.05, 4.69) is 24.5 Å². The molecule has 4 amide bonds. The Morgan fingerprint density at radius 2 is 1.73 bits per heavy atom. The first-order valence-corrected chi connectivity index (χ1v) is 20.6. The van der Waals surface area contributed by atoms with Crippen LogP contribution in [0, 0.1) is 11.3 Å². The fourth-order valence-corrected chi connectivity index (χ4v) is 8.15. The maximum absolute atomic E-state index is 14.5. The zero-order valence-corrected chi connectivity index (χ0v) is 34.9. The lowest BCUT2D eigenvalue weighted by Gasteiger charge is -2.36. The number of hydrogen-bond donors (Lipinski definition) is 3. The lowest BCUT2D eigenvalue weighted by Crippen LogP contribution is -2.60. The van der Waals surface area contributed by atoms with Crippen molar-refractivity contribution in [1.29, 1.82) is 0 Å². The fraction of sp³-hybridized carbons (Fsp3) is 0.649. The number of aromatic nitrogens is 1. The quantitative estimate of drug-likeness (QED) is 0.189. The number of alkyl halides is 5. The van der Waals surface area contributed by atoms with Gasteiger partial charge in [-0.3, -0.25) is 14.4 Å². The molecule has 328 valence electrons. The van der Waals surface area contributed by atoms with Gasteiger partial charge in [-0.25, -0.2) is 27.5 Å². The molecule has 5 rings (SSSR count). The van der Waals surface area contributed by atoms with E-state index in [0.29, 0.717) is 24.8 Å². The molecule has 59 heavy (non-hydrogen) atoms. The fourth-order valence-electron chi connectivity index (χ4n) is 6.80. The van der Waals surface area contributed by atoms with Crippen LogP contribution in [0.15, 0.2) is 24.3 Å². The Labute approximate surface area is 342 Å². The van der Waals surface area contributed by atoms with Gasteiger partial charge in [0.2, 0.25) is 23.3 Å².